The van der Waals surface area contributed by atoms with Crippen molar-refractivity contribution >= 4 is 16.9 Å². The third-order valence-corrected chi connectivity index (χ3v) is 5.46. The second kappa shape index (κ2) is 9.39. The number of aliphatic hydroxyl groups excluding tert-OH is 1. The molecule has 1 fully saturated rings. The number of rotatable bonds is 7. The standard InChI is InChI=1S/C23H24N2O8/c1-31-19-8-13(2-3-15(19)27)17-9-16(28)22-20(33-17)10-18(14(12-26)23(22)30)32-7-6-25-5-4-24-21(29)11-25/h2-3,8-10,26-27,30H,4-7,11-12H2,1H3,(H,24,29). The predicted molar refractivity (Wildman–Crippen MR) is 119 cm³/mol. The van der Waals surface area contributed by atoms with E-state index in [0.29, 0.717) is 25.2 Å². The third kappa shape index (κ3) is 4.57. The van der Waals surface area contributed by atoms with Crippen LogP contribution in [-0.4, -0.2) is 66.0 Å². The second-order valence-corrected chi connectivity index (χ2v) is 7.57. The van der Waals surface area contributed by atoms with Crippen LogP contribution in [0.25, 0.3) is 22.3 Å². The molecule has 10 heteroatoms. The van der Waals surface area contributed by atoms with Gasteiger partial charge in [0.15, 0.2) is 16.9 Å². The fourth-order valence-corrected chi connectivity index (χ4v) is 3.74. The molecule has 1 aliphatic heterocycles. The first-order valence-electron chi connectivity index (χ1n) is 10.3. The van der Waals surface area contributed by atoms with Gasteiger partial charge in [-0.15, -0.1) is 0 Å². The minimum absolute atomic E-state index is 0.0548. The van der Waals surface area contributed by atoms with Crippen LogP contribution in [0.1, 0.15) is 5.56 Å². The lowest BCUT2D eigenvalue weighted by Crippen LogP contribution is -2.48. The maximum Gasteiger partial charge on any atom is 0.234 e. The van der Waals surface area contributed by atoms with E-state index < -0.39 is 17.8 Å². The average molecular weight is 456 g/mol. The minimum atomic E-state index is -0.542. The van der Waals surface area contributed by atoms with Crippen molar-refractivity contribution in [3.63, 3.8) is 0 Å². The first kappa shape index (κ1) is 22.4. The first-order chi connectivity index (χ1) is 15.9. The molecule has 4 N–H and O–H groups in total. The molecule has 4 rings (SSSR count). The Morgan fingerprint density at radius 1 is 1.15 bits per heavy atom. The Morgan fingerprint density at radius 3 is 2.70 bits per heavy atom. The molecule has 0 aliphatic carbocycles. The Hall–Kier alpha value is -3.76. The van der Waals surface area contributed by atoms with Crippen molar-refractivity contribution in [1.29, 1.82) is 0 Å². The van der Waals surface area contributed by atoms with Crippen LogP contribution >= 0.6 is 0 Å². The molecule has 174 valence electrons. The molecule has 1 saturated heterocycles. The van der Waals surface area contributed by atoms with Gasteiger partial charge in [0.05, 0.1) is 25.8 Å². The highest BCUT2D eigenvalue weighted by atomic mass is 16.5. The van der Waals surface area contributed by atoms with Crippen molar-refractivity contribution < 1.29 is 34.0 Å². The molecule has 0 spiro atoms. The molecule has 0 radical (unpaired) electrons. The number of methoxy groups -OCH3 is 1. The summed E-state index contributed by atoms with van der Waals surface area (Å²) in [7, 11) is 1.41. The molecule has 33 heavy (non-hydrogen) atoms. The molecule has 2 heterocycles. The largest absolute Gasteiger partial charge is 0.507 e. The van der Waals surface area contributed by atoms with Crippen molar-refractivity contribution in [2.24, 2.45) is 0 Å². The molecule has 10 nitrogen and oxygen atoms in total. The van der Waals surface area contributed by atoms with Gasteiger partial charge in [-0.2, -0.15) is 0 Å². The summed E-state index contributed by atoms with van der Waals surface area (Å²) >= 11 is 0. The topological polar surface area (TPSA) is 142 Å². The molecule has 2 aromatic carbocycles. The van der Waals surface area contributed by atoms with Crippen molar-refractivity contribution in [2.75, 3.05) is 39.9 Å². The summed E-state index contributed by atoms with van der Waals surface area (Å²) in [5.41, 5.74) is 0.133. The predicted octanol–water partition coefficient (Wildman–Crippen LogP) is 1.18. The van der Waals surface area contributed by atoms with Crippen molar-refractivity contribution in [3.05, 3.63) is 46.1 Å². The normalized spacial score (nSPS) is 14.3. The molecule has 3 aromatic rings. The zero-order valence-electron chi connectivity index (χ0n) is 18.0. The molecule has 0 bridgehead atoms. The van der Waals surface area contributed by atoms with E-state index in [1.54, 1.807) is 6.07 Å². The Balaban J connectivity index is 1.67. The maximum absolute atomic E-state index is 12.8. The van der Waals surface area contributed by atoms with Crippen LogP contribution in [0.15, 0.2) is 39.5 Å². The number of phenols is 2. The highest BCUT2D eigenvalue weighted by molar-refractivity contribution is 5.88. The minimum Gasteiger partial charge on any atom is -0.507 e. The van der Waals surface area contributed by atoms with Gasteiger partial charge in [0.25, 0.3) is 0 Å². The molecule has 0 unspecified atom stereocenters. The Bertz CT molecular complexity index is 1250. The number of fused-ring (bicyclic) bond motifs is 1. The van der Waals surface area contributed by atoms with Crippen LogP contribution in [-0.2, 0) is 11.4 Å². The summed E-state index contributed by atoms with van der Waals surface area (Å²) in [6, 6.07) is 7.17. The van der Waals surface area contributed by atoms with E-state index in [4.69, 9.17) is 13.9 Å². The monoisotopic (exact) mass is 456 g/mol. The van der Waals surface area contributed by atoms with Gasteiger partial charge < -0.3 is 34.5 Å². The fraction of sp³-hybridized carbons (Fsp3) is 0.304. The van der Waals surface area contributed by atoms with Gasteiger partial charge in [-0.1, -0.05) is 0 Å². The van der Waals surface area contributed by atoms with Crippen molar-refractivity contribution in [1.82, 2.24) is 10.2 Å². The Kier molecular flexibility index (Phi) is 6.38. The van der Waals surface area contributed by atoms with Crippen molar-refractivity contribution in [3.8, 4) is 34.3 Å². The quantitative estimate of drug-likeness (QED) is 0.412. The smallest absolute Gasteiger partial charge is 0.234 e. The number of carbonyl (C=O) groups is 1. The van der Waals surface area contributed by atoms with Crippen LogP contribution in [0.2, 0.25) is 0 Å². The molecule has 0 atom stereocenters. The number of carbonyl (C=O) groups excluding carboxylic acids is 1. The van der Waals surface area contributed by atoms with Crippen LogP contribution in [0, 0.1) is 0 Å². The van der Waals surface area contributed by atoms with E-state index in [0.717, 1.165) is 0 Å². The number of benzene rings is 2. The highest BCUT2D eigenvalue weighted by Gasteiger charge is 2.20. The SMILES string of the molecule is COc1cc(-c2cc(=O)c3c(O)c(CO)c(OCCN4CCNC(=O)C4)cc3o2)ccc1O. The third-order valence-electron chi connectivity index (χ3n) is 5.46. The van der Waals surface area contributed by atoms with Crippen LogP contribution in [0.3, 0.4) is 0 Å². The molecule has 1 aromatic heterocycles. The number of aromatic hydroxyl groups is 2. The Morgan fingerprint density at radius 2 is 1.97 bits per heavy atom. The van der Waals surface area contributed by atoms with Crippen LogP contribution < -0.4 is 20.2 Å². The second-order valence-electron chi connectivity index (χ2n) is 7.57. The average Bonchev–Trinajstić information content (AvgIpc) is 2.79. The van der Waals surface area contributed by atoms with E-state index in [1.807, 2.05) is 4.90 Å². The van der Waals surface area contributed by atoms with Crippen molar-refractivity contribution in [2.45, 2.75) is 6.61 Å². The summed E-state index contributed by atoms with van der Waals surface area (Å²) in [6.07, 6.45) is 0. The van der Waals surface area contributed by atoms with Gasteiger partial charge in [0.2, 0.25) is 5.91 Å². The van der Waals surface area contributed by atoms with Gasteiger partial charge in [0.1, 0.15) is 34.8 Å². The number of ether oxygens (including phenoxy) is 2. The van der Waals surface area contributed by atoms with E-state index in [9.17, 15) is 24.9 Å². The number of aliphatic hydroxyl groups is 1. The summed E-state index contributed by atoms with van der Waals surface area (Å²) in [5.74, 6) is 0.0622. The van der Waals surface area contributed by atoms with Crippen LogP contribution in [0.4, 0.5) is 0 Å². The number of hydrogen-bond donors (Lipinski definition) is 4. The Labute approximate surface area is 188 Å². The molecule has 1 amide bonds. The van der Waals surface area contributed by atoms with Gasteiger partial charge in [-0.3, -0.25) is 14.5 Å². The van der Waals surface area contributed by atoms with E-state index in [1.165, 1.54) is 31.4 Å². The number of piperazine rings is 1. The van der Waals surface area contributed by atoms with Gasteiger partial charge in [-0.05, 0) is 18.2 Å². The molecule has 1 aliphatic rings. The van der Waals surface area contributed by atoms with E-state index in [-0.39, 0.29) is 58.6 Å². The van der Waals surface area contributed by atoms with E-state index >= 15 is 0 Å². The zero-order valence-corrected chi connectivity index (χ0v) is 18.0. The summed E-state index contributed by atoms with van der Waals surface area (Å²) in [6.45, 7) is 1.65. The number of phenolic OH excluding ortho intramolecular Hbond substituents is 1. The van der Waals surface area contributed by atoms with Gasteiger partial charge in [-0.25, -0.2) is 0 Å². The lowest BCUT2D eigenvalue weighted by molar-refractivity contribution is -0.124. The lowest BCUT2D eigenvalue weighted by Gasteiger charge is -2.26. The van der Waals surface area contributed by atoms with Gasteiger partial charge >= 0.3 is 0 Å². The highest BCUT2D eigenvalue weighted by Crippen LogP contribution is 2.37. The molecular formula is C23H24N2O8. The fourth-order valence-electron chi connectivity index (χ4n) is 3.74. The first-order valence-corrected chi connectivity index (χ1v) is 10.3. The summed E-state index contributed by atoms with van der Waals surface area (Å²) in [5, 5.41) is 32.9. The number of amides is 1. The molecule has 0 saturated carbocycles. The molecular weight excluding hydrogens is 432 g/mol. The number of nitrogens with zero attached hydrogens (tertiary/aromatic N) is 1. The number of hydrogen-bond acceptors (Lipinski definition) is 9. The lowest BCUT2D eigenvalue weighted by atomic mass is 10.1. The zero-order chi connectivity index (χ0) is 23.5. The van der Waals surface area contributed by atoms with E-state index in [2.05, 4.69) is 5.32 Å². The van der Waals surface area contributed by atoms with Crippen LogP contribution in [0.5, 0.6) is 23.0 Å². The van der Waals surface area contributed by atoms with Gasteiger partial charge in [0, 0.05) is 37.3 Å². The maximum atomic E-state index is 12.8. The summed E-state index contributed by atoms with van der Waals surface area (Å²) < 4.78 is 16.8. The summed E-state index contributed by atoms with van der Waals surface area (Å²) in [4.78, 5) is 26.2. The number of nitrogens with one attached hydrogen (secondary N) is 1.